The van der Waals surface area contributed by atoms with Crippen molar-refractivity contribution in [3.05, 3.63) is 77.6 Å². The fourth-order valence-corrected chi connectivity index (χ4v) is 4.19. The highest BCUT2D eigenvalue weighted by Gasteiger charge is 2.19. The SMILES string of the molecule is CCCc1nc(C(=O)OCC)cc2c3ccccc3n(CCCc3ccccc3)c12.Cl. The van der Waals surface area contributed by atoms with E-state index in [1.165, 1.54) is 11.1 Å². The minimum absolute atomic E-state index is 0. The van der Waals surface area contributed by atoms with Crippen LogP contribution in [0.3, 0.4) is 0 Å². The first-order chi connectivity index (χ1) is 14.7. The van der Waals surface area contributed by atoms with E-state index in [2.05, 4.69) is 66.1 Å². The van der Waals surface area contributed by atoms with Crippen molar-refractivity contribution in [2.45, 2.75) is 46.1 Å². The maximum atomic E-state index is 12.4. The van der Waals surface area contributed by atoms with Gasteiger partial charge < -0.3 is 9.30 Å². The summed E-state index contributed by atoms with van der Waals surface area (Å²) < 4.78 is 7.62. The molecule has 0 atom stereocenters. The van der Waals surface area contributed by atoms with Gasteiger partial charge in [-0.2, -0.15) is 0 Å². The zero-order chi connectivity index (χ0) is 20.9. The van der Waals surface area contributed by atoms with Crippen LogP contribution < -0.4 is 0 Å². The van der Waals surface area contributed by atoms with Crippen molar-refractivity contribution in [2.24, 2.45) is 0 Å². The molecule has 31 heavy (non-hydrogen) atoms. The number of rotatable bonds is 8. The molecule has 0 aliphatic carbocycles. The van der Waals surface area contributed by atoms with Crippen LogP contribution in [0.1, 0.15) is 48.4 Å². The average molecular weight is 437 g/mol. The molecule has 162 valence electrons. The summed E-state index contributed by atoms with van der Waals surface area (Å²) in [6.07, 6.45) is 3.88. The van der Waals surface area contributed by atoms with Crippen molar-refractivity contribution >= 4 is 40.2 Å². The Morgan fingerprint density at radius 3 is 2.45 bits per heavy atom. The van der Waals surface area contributed by atoms with Crippen LogP contribution in [-0.2, 0) is 24.1 Å². The minimum atomic E-state index is -0.349. The highest BCUT2D eigenvalue weighted by molar-refractivity contribution is 6.10. The van der Waals surface area contributed by atoms with E-state index in [4.69, 9.17) is 9.72 Å². The summed E-state index contributed by atoms with van der Waals surface area (Å²) in [6, 6.07) is 20.9. The molecular weight excluding hydrogens is 408 g/mol. The van der Waals surface area contributed by atoms with E-state index in [0.717, 1.165) is 54.2 Å². The van der Waals surface area contributed by atoms with Crippen molar-refractivity contribution in [1.82, 2.24) is 9.55 Å². The molecule has 4 rings (SSSR count). The standard InChI is InChI=1S/C26H28N2O2.ClH/c1-3-11-22-25-21(18-23(27-22)26(29)30-4-2)20-15-8-9-16-24(20)28(25)17-10-14-19-12-6-5-7-13-19;/h5-9,12-13,15-16,18H,3-4,10-11,14,17H2,1-2H3;1H. The largest absolute Gasteiger partial charge is 0.461 e. The Hall–Kier alpha value is -2.85. The number of carbonyl (C=O) groups excluding carboxylic acids is 1. The molecule has 0 aliphatic heterocycles. The van der Waals surface area contributed by atoms with Crippen LogP contribution in [0.4, 0.5) is 0 Å². The van der Waals surface area contributed by atoms with E-state index in [0.29, 0.717) is 12.3 Å². The summed E-state index contributed by atoms with van der Waals surface area (Å²) in [5.74, 6) is -0.349. The van der Waals surface area contributed by atoms with Crippen LogP contribution >= 0.6 is 12.4 Å². The predicted molar refractivity (Wildman–Crippen MR) is 129 cm³/mol. The van der Waals surface area contributed by atoms with E-state index in [-0.39, 0.29) is 18.4 Å². The summed E-state index contributed by atoms with van der Waals surface area (Å²) in [5, 5.41) is 2.25. The van der Waals surface area contributed by atoms with Gasteiger partial charge in [0.1, 0.15) is 5.69 Å². The van der Waals surface area contributed by atoms with Gasteiger partial charge in [-0.15, -0.1) is 12.4 Å². The van der Waals surface area contributed by atoms with Crippen LogP contribution in [0.5, 0.6) is 0 Å². The van der Waals surface area contributed by atoms with Gasteiger partial charge in [0.15, 0.2) is 0 Å². The normalized spacial score (nSPS) is 10.9. The molecular formula is C26H29ClN2O2. The van der Waals surface area contributed by atoms with Gasteiger partial charge in [-0.25, -0.2) is 9.78 Å². The lowest BCUT2D eigenvalue weighted by molar-refractivity contribution is 0.0519. The predicted octanol–water partition coefficient (Wildman–Crippen LogP) is 6.37. The van der Waals surface area contributed by atoms with Crippen molar-refractivity contribution < 1.29 is 9.53 Å². The van der Waals surface area contributed by atoms with Crippen molar-refractivity contribution in [1.29, 1.82) is 0 Å². The molecule has 2 aromatic heterocycles. The highest BCUT2D eigenvalue weighted by atomic mass is 35.5. The molecule has 0 saturated carbocycles. The number of aromatic nitrogens is 2. The molecule has 4 nitrogen and oxygen atoms in total. The molecule has 5 heteroatoms. The van der Waals surface area contributed by atoms with E-state index >= 15 is 0 Å². The molecule has 0 saturated heterocycles. The fourth-order valence-electron chi connectivity index (χ4n) is 4.19. The molecule has 0 bridgehead atoms. The summed E-state index contributed by atoms with van der Waals surface area (Å²) in [5.41, 5.74) is 5.09. The number of para-hydroxylation sites is 1. The maximum Gasteiger partial charge on any atom is 0.356 e. The first-order valence-corrected chi connectivity index (χ1v) is 10.8. The van der Waals surface area contributed by atoms with Gasteiger partial charge in [0.25, 0.3) is 0 Å². The van der Waals surface area contributed by atoms with E-state index in [1.807, 2.05) is 13.0 Å². The van der Waals surface area contributed by atoms with E-state index < -0.39 is 0 Å². The zero-order valence-corrected chi connectivity index (χ0v) is 19.0. The van der Waals surface area contributed by atoms with Crippen LogP contribution in [-0.4, -0.2) is 22.1 Å². The molecule has 0 radical (unpaired) electrons. The Labute approximate surface area is 189 Å². The number of esters is 1. The van der Waals surface area contributed by atoms with Crippen molar-refractivity contribution in [2.75, 3.05) is 6.61 Å². The third kappa shape index (κ3) is 4.75. The summed E-state index contributed by atoms with van der Waals surface area (Å²) in [4.78, 5) is 17.2. The van der Waals surface area contributed by atoms with Crippen LogP contribution in [0.15, 0.2) is 60.7 Å². The van der Waals surface area contributed by atoms with Gasteiger partial charge in [-0.3, -0.25) is 0 Å². The second-order valence-corrected chi connectivity index (χ2v) is 7.58. The lowest BCUT2D eigenvalue weighted by Gasteiger charge is -2.12. The van der Waals surface area contributed by atoms with Gasteiger partial charge in [0, 0.05) is 22.8 Å². The molecule has 0 unspecified atom stereocenters. The third-order valence-electron chi connectivity index (χ3n) is 5.48. The van der Waals surface area contributed by atoms with E-state index in [9.17, 15) is 4.79 Å². The number of hydrogen-bond donors (Lipinski definition) is 0. The number of aryl methyl sites for hydroxylation is 3. The molecule has 0 N–H and O–H groups in total. The Balaban J connectivity index is 0.00000272. The Bertz CT molecular complexity index is 1170. The number of halogens is 1. The van der Waals surface area contributed by atoms with Gasteiger partial charge in [-0.05, 0) is 43.9 Å². The zero-order valence-electron chi connectivity index (χ0n) is 18.1. The van der Waals surface area contributed by atoms with Gasteiger partial charge in [0.05, 0.1) is 17.8 Å². The summed E-state index contributed by atoms with van der Waals surface area (Å²) >= 11 is 0. The molecule has 0 spiro atoms. The molecule has 2 aromatic carbocycles. The third-order valence-corrected chi connectivity index (χ3v) is 5.48. The molecule has 0 fully saturated rings. The topological polar surface area (TPSA) is 44.1 Å². The number of pyridine rings is 1. The smallest absolute Gasteiger partial charge is 0.356 e. The molecule has 4 aromatic rings. The maximum absolute atomic E-state index is 12.4. The Morgan fingerprint density at radius 2 is 1.71 bits per heavy atom. The first kappa shape index (κ1) is 22.8. The quantitative estimate of drug-likeness (QED) is 0.301. The van der Waals surface area contributed by atoms with Crippen LogP contribution in [0.2, 0.25) is 0 Å². The molecule has 0 aliphatic rings. The number of ether oxygens (including phenoxy) is 1. The van der Waals surface area contributed by atoms with Crippen LogP contribution in [0, 0.1) is 0 Å². The van der Waals surface area contributed by atoms with Gasteiger partial charge in [0.2, 0.25) is 0 Å². The van der Waals surface area contributed by atoms with Crippen molar-refractivity contribution in [3.8, 4) is 0 Å². The van der Waals surface area contributed by atoms with Crippen LogP contribution in [0.25, 0.3) is 21.8 Å². The Morgan fingerprint density at radius 1 is 0.968 bits per heavy atom. The number of nitrogens with zero attached hydrogens (tertiary/aromatic N) is 2. The Kier molecular flexibility index (Phi) is 7.69. The number of fused-ring (bicyclic) bond motifs is 3. The lowest BCUT2D eigenvalue weighted by atomic mass is 10.1. The summed E-state index contributed by atoms with van der Waals surface area (Å²) in [6.45, 7) is 5.23. The second-order valence-electron chi connectivity index (χ2n) is 7.58. The molecule has 0 amide bonds. The fraction of sp³-hybridized carbons (Fsp3) is 0.308. The highest BCUT2D eigenvalue weighted by Crippen LogP contribution is 2.32. The van der Waals surface area contributed by atoms with Gasteiger partial charge in [-0.1, -0.05) is 61.9 Å². The molecule has 2 heterocycles. The monoisotopic (exact) mass is 436 g/mol. The summed E-state index contributed by atoms with van der Waals surface area (Å²) in [7, 11) is 0. The average Bonchev–Trinajstić information content (AvgIpc) is 3.09. The first-order valence-electron chi connectivity index (χ1n) is 10.8. The number of benzene rings is 2. The second kappa shape index (κ2) is 10.5. The number of hydrogen-bond acceptors (Lipinski definition) is 3. The minimum Gasteiger partial charge on any atom is -0.461 e. The lowest BCUT2D eigenvalue weighted by Crippen LogP contribution is -2.10. The van der Waals surface area contributed by atoms with E-state index in [1.54, 1.807) is 0 Å². The number of carbonyl (C=O) groups is 1. The van der Waals surface area contributed by atoms with Gasteiger partial charge >= 0.3 is 5.97 Å². The van der Waals surface area contributed by atoms with Crippen molar-refractivity contribution in [3.63, 3.8) is 0 Å².